The van der Waals surface area contributed by atoms with Crippen LogP contribution in [0, 0.1) is 11.8 Å². The number of rotatable bonds is 5. The van der Waals surface area contributed by atoms with Gasteiger partial charge < -0.3 is 5.32 Å². The highest BCUT2D eigenvalue weighted by Crippen LogP contribution is 2.35. The average Bonchev–Trinajstić information content (AvgIpc) is 2.54. The molecule has 2 fully saturated rings. The van der Waals surface area contributed by atoms with Gasteiger partial charge in [0.25, 0.3) is 0 Å². The van der Waals surface area contributed by atoms with Crippen molar-refractivity contribution in [2.45, 2.75) is 97.2 Å². The van der Waals surface area contributed by atoms with E-state index in [0.29, 0.717) is 5.54 Å². The summed E-state index contributed by atoms with van der Waals surface area (Å²) < 4.78 is 0. The second-order valence-corrected chi connectivity index (χ2v) is 7.95. The van der Waals surface area contributed by atoms with Crippen LogP contribution in [0.1, 0.15) is 79.6 Å². The van der Waals surface area contributed by atoms with Crippen molar-refractivity contribution in [1.82, 2.24) is 10.2 Å². The average molecular weight is 295 g/mol. The van der Waals surface area contributed by atoms with Gasteiger partial charge in [0.1, 0.15) is 0 Å². The van der Waals surface area contributed by atoms with Crippen molar-refractivity contribution >= 4 is 0 Å². The zero-order valence-corrected chi connectivity index (χ0v) is 15.1. The number of nitrogens with zero attached hydrogens (tertiary/aromatic N) is 1. The largest absolute Gasteiger partial charge is 0.308 e. The fourth-order valence-corrected chi connectivity index (χ4v) is 4.64. The lowest BCUT2D eigenvalue weighted by Crippen LogP contribution is -2.67. The molecule has 0 radical (unpaired) electrons. The quantitative estimate of drug-likeness (QED) is 0.806. The van der Waals surface area contributed by atoms with Crippen molar-refractivity contribution in [2.75, 3.05) is 13.1 Å². The standard InChI is InChI=1S/C19H38N2/c1-6-16-10-9-11-17(12-16)21-14-19(7-2,8-3)20-13-18(21)15(4)5/h15-18,20H,6-14H2,1-5H3. The van der Waals surface area contributed by atoms with E-state index in [1.165, 1.54) is 58.0 Å². The Morgan fingerprint density at radius 2 is 1.86 bits per heavy atom. The fraction of sp³-hybridized carbons (Fsp3) is 1.00. The van der Waals surface area contributed by atoms with Gasteiger partial charge in [0.2, 0.25) is 0 Å². The molecular formula is C19H38N2. The second-order valence-electron chi connectivity index (χ2n) is 7.95. The molecule has 2 aliphatic rings. The minimum absolute atomic E-state index is 0.366. The summed E-state index contributed by atoms with van der Waals surface area (Å²) in [4.78, 5) is 2.93. The first-order valence-electron chi connectivity index (χ1n) is 9.56. The molecular weight excluding hydrogens is 256 g/mol. The summed E-state index contributed by atoms with van der Waals surface area (Å²) in [5.74, 6) is 1.73. The third-order valence-corrected chi connectivity index (χ3v) is 6.52. The Bertz CT molecular complexity index is 309. The van der Waals surface area contributed by atoms with Gasteiger partial charge in [-0.2, -0.15) is 0 Å². The molecule has 1 aliphatic carbocycles. The van der Waals surface area contributed by atoms with E-state index in [9.17, 15) is 0 Å². The zero-order chi connectivity index (χ0) is 15.5. The first kappa shape index (κ1) is 17.3. The van der Waals surface area contributed by atoms with Crippen molar-refractivity contribution in [1.29, 1.82) is 0 Å². The second kappa shape index (κ2) is 7.46. The zero-order valence-electron chi connectivity index (χ0n) is 15.1. The molecule has 21 heavy (non-hydrogen) atoms. The van der Waals surface area contributed by atoms with Crippen molar-refractivity contribution in [3.05, 3.63) is 0 Å². The van der Waals surface area contributed by atoms with E-state index in [4.69, 9.17) is 0 Å². The molecule has 1 N–H and O–H groups in total. The van der Waals surface area contributed by atoms with Crippen molar-refractivity contribution in [2.24, 2.45) is 11.8 Å². The van der Waals surface area contributed by atoms with Crippen LogP contribution in [-0.2, 0) is 0 Å². The van der Waals surface area contributed by atoms with Crippen molar-refractivity contribution in [3.8, 4) is 0 Å². The number of hydrogen-bond acceptors (Lipinski definition) is 2. The highest BCUT2D eigenvalue weighted by molar-refractivity contribution is 5.00. The maximum Gasteiger partial charge on any atom is 0.0304 e. The van der Waals surface area contributed by atoms with E-state index in [0.717, 1.165) is 23.9 Å². The molecule has 1 saturated heterocycles. The van der Waals surface area contributed by atoms with Gasteiger partial charge in [-0.3, -0.25) is 4.90 Å². The minimum Gasteiger partial charge on any atom is -0.308 e. The summed E-state index contributed by atoms with van der Waals surface area (Å²) in [7, 11) is 0. The third-order valence-electron chi connectivity index (χ3n) is 6.52. The molecule has 2 rings (SSSR count). The molecule has 0 aromatic heterocycles. The van der Waals surface area contributed by atoms with Gasteiger partial charge >= 0.3 is 0 Å². The molecule has 0 amide bonds. The lowest BCUT2D eigenvalue weighted by Gasteiger charge is -2.53. The molecule has 3 atom stereocenters. The Morgan fingerprint density at radius 1 is 1.14 bits per heavy atom. The smallest absolute Gasteiger partial charge is 0.0304 e. The van der Waals surface area contributed by atoms with Gasteiger partial charge in [-0.25, -0.2) is 0 Å². The molecule has 1 saturated carbocycles. The predicted octanol–water partition coefficient (Wildman–Crippen LogP) is 4.44. The number of piperazine rings is 1. The van der Waals surface area contributed by atoms with Crippen molar-refractivity contribution < 1.29 is 0 Å². The first-order chi connectivity index (χ1) is 10.0. The van der Waals surface area contributed by atoms with Crippen LogP contribution in [-0.4, -0.2) is 35.6 Å². The van der Waals surface area contributed by atoms with Gasteiger partial charge in [0.15, 0.2) is 0 Å². The maximum atomic E-state index is 3.92. The first-order valence-corrected chi connectivity index (χ1v) is 9.56. The monoisotopic (exact) mass is 294 g/mol. The van der Waals surface area contributed by atoms with E-state index in [-0.39, 0.29) is 0 Å². The summed E-state index contributed by atoms with van der Waals surface area (Å²) in [5.41, 5.74) is 0.366. The summed E-state index contributed by atoms with van der Waals surface area (Å²) in [6, 6.07) is 1.58. The lowest BCUT2D eigenvalue weighted by molar-refractivity contribution is -0.00316. The molecule has 0 aromatic rings. The highest BCUT2D eigenvalue weighted by Gasteiger charge is 2.41. The summed E-state index contributed by atoms with van der Waals surface area (Å²) in [6.45, 7) is 14.4. The van der Waals surface area contributed by atoms with Gasteiger partial charge in [-0.15, -0.1) is 0 Å². The number of nitrogens with one attached hydrogen (secondary N) is 1. The molecule has 2 nitrogen and oxygen atoms in total. The SMILES string of the molecule is CCC1CCCC(N2CC(CC)(CC)NCC2C(C)C)C1. The molecule has 2 heteroatoms. The molecule has 3 unspecified atom stereocenters. The van der Waals surface area contributed by atoms with E-state index in [1.54, 1.807) is 0 Å². The van der Waals surface area contributed by atoms with Gasteiger partial charge in [0.05, 0.1) is 0 Å². The van der Waals surface area contributed by atoms with Gasteiger partial charge in [-0.1, -0.05) is 53.9 Å². The van der Waals surface area contributed by atoms with Gasteiger partial charge in [0, 0.05) is 30.7 Å². The molecule has 1 aliphatic heterocycles. The van der Waals surface area contributed by atoms with Crippen LogP contribution in [0.2, 0.25) is 0 Å². The number of hydrogen-bond donors (Lipinski definition) is 1. The van der Waals surface area contributed by atoms with E-state index in [2.05, 4.69) is 44.8 Å². The van der Waals surface area contributed by atoms with Crippen LogP contribution < -0.4 is 5.32 Å². The van der Waals surface area contributed by atoms with Gasteiger partial charge in [-0.05, 0) is 37.5 Å². The van der Waals surface area contributed by atoms with Crippen LogP contribution in [0.4, 0.5) is 0 Å². The minimum atomic E-state index is 0.366. The molecule has 0 bridgehead atoms. The summed E-state index contributed by atoms with van der Waals surface area (Å²) in [5, 5.41) is 3.92. The molecule has 1 heterocycles. The van der Waals surface area contributed by atoms with Crippen LogP contribution in [0.5, 0.6) is 0 Å². The Hall–Kier alpha value is -0.0800. The predicted molar refractivity (Wildman–Crippen MR) is 92.7 cm³/mol. The third kappa shape index (κ3) is 3.82. The van der Waals surface area contributed by atoms with E-state index < -0.39 is 0 Å². The Morgan fingerprint density at radius 3 is 2.43 bits per heavy atom. The fourth-order valence-electron chi connectivity index (χ4n) is 4.64. The van der Waals surface area contributed by atoms with E-state index >= 15 is 0 Å². The van der Waals surface area contributed by atoms with Crippen LogP contribution in [0.25, 0.3) is 0 Å². The lowest BCUT2D eigenvalue weighted by atomic mass is 9.79. The topological polar surface area (TPSA) is 15.3 Å². The Balaban J connectivity index is 2.13. The molecule has 124 valence electrons. The molecule has 0 spiro atoms. The van der Waals surface area contributed by atoms with E-state index in [1.807, 2.05) is 0 Å². The maximum absolute atomic E-state index is 3.92. The van der Waals surface area contributed by atoms with Crippen LogP contribution >= 0.6 is 0 Å². The van der Waals surface area contributed by atoms with Crippen molar-refractivity contribution in [3.63, 3.8) is 0 Å². The Labute approximate surface area is 133 Å². The van der Waals surface area contributed by atoms with Crippen LogP contribution in [0.15, 0.2) is 0 Å². The molecule has 0 aromatic carbocycles. The summed E-state index contributed by atoms with van der Waals surface area (Å²) >= 11 is 0. The Kier molecular flexibility index (Phi) is 6.14. The van der Waals surface area contributed by atoms with Crippen LogP contribution in [0.3, 0.4) is 0 Å². The normalized spacial score (nSPS) is 34.3. The highest BCUT2D eigenvalue weighted by atomic mass is 15.3. The summed E-state index contributed by atoms with van der Waals surface area (Å²) in [6.07, 6.45) is 9.69.